The van der Waals surface area contributed by atoms with E-state index in [9.17, 15) is 9.59 Å². The van der Waals surface area contributed by atoms with Crippen LogP contribution in [0.3, 0.4) is 0 Å². The van der Waals surface area contributed by atoms with Gasteiger partial charge >= 0.3 is 12.0 Å². The summed E-state index contributed by atoms with van der Waals surface area (Å²) in [7, 11) is 3.20. The number of amides is 3. The number of hydrogen-bond acceptors (Lipinski definition) is 5. The van der Waals surface area contributed by atoms with E-state index in [4.69, 9.17) is 0 Å². The van der Waals surface area contributed by atoms with Crippen LogP contribution in [0.15, 0.2) is 35.3 Å². The number of hydrogen-bond donors (Lipinski definition) is 1. The minimum Gasteiger partial charge on any atom is -0.301 e. The van der Waals surface area contributed by atoms with Crippen LogP contribution in [-0.4, -0.2) is 95.9 Å². The first-order chi connectivity index (χ1) is 14.0. The Hall–Kier alpha value is -2.74. The summed E-state index contributed by atoms with van der Waals surface area (Å²) in [5.74, 6) is 0.924. The summed E-state index contributed by atoms with van der Waals surface area (Å²) < 4.78 is 1.99. The summed E-state index contributed by atoms with van der Waals surface area (Å²) in [6.07, 6.45) is 0.788. The Morgan fingerprint density at radius 1 is 1.10 bits per heavy atom. The fraction of sp³-hybridized carbons (Fsp3) is 0.524. The lowest BCUT2D eigenvalue weighted by Crippen LogP contribution is -2.61. The van der Waals surface area contributed by atoms with Crippen LogP contribution in [0.4, 0.5) is 4.79 Å². The maximum Gasteiger partial charge on any atom is 0.390 e. The highest BCUT2D eigenvalue weighted by molar-refractivity contribution is 6.22. The number of carbonyl (C=O) groups excluding carboxylic acids is 2. The van der Waals surface area contributed by atoms with Crippen LogP contribution in [0, 0.1) is 0 Å². The third kappa shape index (κ3) is 4.32. The van der Waals surface area contributed by atoms with E-state index < -0.39 is 6.04 Å². The minimum absolute atomic E-state index is 0.236. The molecule has 1 saturated heterocycles. The SMILES string of the molecule is CCN(CC)CCNC1=[N+](CCc2ccccc2)C2C(=O)N(C)C(=O)N(C)C2=N1. The van der Waals surface area contributed by atoms with E-state index >= 15 is 0 Å². The van der Waals surface area contributed by atoms with E-state index in [2.05, 4.69) is 41.2 Å². The molecule has 1 aromatic carbocycles. The van der Waals surface area contributed by atoms with Gasteiger partial charge in [-0.1, -0.05) is 49.2 Å². The molecule has 8 nitrogen and oxygen atoms in total. The Kier molecular flexibility index (Phi) is 6.64. The molecule has 1 fully saturated rings. The lowest BCUT2D eigenvalue weighted by molar-refractivity contribution is -0.536. The van der Waals surface area contributed by atoms with Gasteiger partial charge in [-0.3, -0.25) is 19.9 Å². The van der Waals surface area contributed by atoms with E-state index in [0.29, 0.717) is 18.3 Å². The van der Waals surface area contributed by atoms with Gasteiger partial charge in [0.2, 0.25) is 11.9 Å². The lowest BCUT2D eigenvalue weighted by Gasteiger charge is -2.31. The molecule has 0 bridgehead atoms. The average Bonchev–Trinajstić information content (AvgIpc) is 3.11. The molecule has 0 radical (unpaired) electrons. The number of aliphatic imine (C=N–C) groups is 1. The van der Waals surface area contributed by atoms with Crippen LogP contribution in [0.1, 0.15) is 19.4 Å². The Bertz CT molecular complexity index is 816. The second-order valence-corrected chi connectivity index (χ2v) is 7.32. The molecular weight excluding hydrogens is 368 g/mol. The van der Waals surface area contributed by atoms with Crippen LogP contribution in [0.5, 0.6) is 0 Å². The van der Waals surface area contributed by atoms with Crippen molar-refractivity contribution in [3.8, 4) is 0 Å². The number of rotatable bonds is 8. The first-order valence-corrected chi connectivity index (χ1v) is 10.3. The molecule has 0 spiro atoms. The number of nitrogens with zero attached hydrogens (tertiary/aromatic N) is 5. The number of nitrogens with one attached hydrogen (secondary N) is 1. The highest BCUT2D eigenvalue weighted by Gasteiger charge is 2.51. The van der Waals surface area contributed by atoms with E-state index in [1.807, 2.05) is 22.8 Å². The number of likely N-dealkylation sites (N-methyl/N-ethyl adjacent to an activating group) is 3. The molecule has 1 unspecified atom stereocenters. The van der Waals surface area contributed by atoms with Crippen LogP contribution in [-0.2, 0) is 11.2 Å². The highest BCUT2D eigenvalue weighted by Crippen LogP contribution is 2.18. The van der Waals surface area contributed by atoms with Crippen molar-refractivity contribution in [3.63, 3.8) is 0 Å². The Balaban J connectivity index is 1.82. The molecule has 0 saturated carbocycles. The molecular formula is C21H31N6O2+. The largest absolute Gasteiger partial charge is 0.390 e. The quantitative estimate of drug-likeness (QED) is 0.658. The first kappa shape index (κ1) is 21.0. The molecule has 2 heterocycles. The number of urea groups is 1. The molecule has 1 atom stereocenters. The predicted octanol–water partition coefficient (Wildman–Crippen LogP) is 0.834. The molecule has 8 heteroatoms. The van der Waals surface area contributed by atoms with Gasteiger partial charge in [-0.2, -0.15) is 0 Å². The summed E-state index contributed by atoms with van der Waals surface area (Å²) in [4.78, 5) is 34.9. The number of guanidine groups is 1. The monoisotopic (exact) mass is 399 g/mol. The molecule has 1 aromatic rings. The van der Waals surface area contributed by atoms with E-state index in [0.717, 1.165) is 32.6 Å². The zero-order valence-electron chi connectivity index (χ0n) is 17.8. The molecule has 1 N–H and O–H groups in total. The molecule has 29 heavy (non-hydrogen) atoms. The smallest absolute Gasteiger partial charge is 0.301 e. The fourth-order valence-electron chi connectivity index (χ4n) is 3.73. The van der Waals surface area contributed by atoms with Crippen LogP contribution in [0.2, 0.25) is 0 Å². The van der Waals surface area contributed by atoms with Gasteiger partial charge in [-0.05, 0) is 18.7 Å². The second kappa shape index (κ2) is 9.17. The summed E-state index contributed by atoms with van der Waals surface area (Å²) in [6, 6.07) is 9.26. The van der Waals surface area contributed by atoms with Crippen molar-refractivity contribution in [2.45, 2.75) is 26.3 Å². The first-order valence-electron chi connectivity index (χ1n) is 10.3. The number of amidine groups is 1. The normalized spacial score (nSPS) is 19.2. The van der Waals surface area contributed by atoms with Crippen molar-refractivity contribution in [3.05, 3.63) is 35.9 Å². The second-order valence-electron chi connectivity index (χ2n) is 7.32. The van der Waals surface area contributed by atoms with E-state index in [1.54, 1.807) is 7.05 Å². The molecule has 3 amide bonds. The van der Waals surface area contributed by atoms with Crippen LogP contribution >= 0.6 is 0 Å². The standard InChI is InChI=1S/C21H30N6O2/c1-5-26(6-2)15-13-22-20-23-18-17(19(28)25(4)21(29)24(18)3)27(20)14-12-16-10-8-7-9-11-16/h7-11,17H,5-6,12-15H2,1-4H3/p+1. The van der Waals surface area contributed by atoms with E-state index in [1.165, 1.54) is 22.4 Å². The summed E-state index contributed by atoms with van der Waals surface area (Å²) >= 11 is 0. The Labute approximate surface area is 172 Å². The average molecular weight is 400 g/mol. The summed E-state index contributed by atoms with van der Waals surface area (Å²) in [5, 5.41) is 3.40. The van der Waals surface area contributed by atoms with Crippen molar-refractivity contribution >= 4 is 23.7 Å². The topological polar surface area (TPSA) is 71.3 Å². The maximum absolute atomic E-state index is 12.9. The highest BCUT2D eigenvalue weighted by atomic mass is 16.2. The van der Waals surface area contributed by atoms with Crippen LogP contribution < -0.4 is 5.32 Å². The van der Waals surface area contributed by atoms with Gasteiger partial charge in [-0.15, -0.1) is 0 Å². The number of benzene rings is 1. The third-order valence-corrected chi connectivity index (χ3v) is 5.62. The van der Waals surface area contributed by atoms with Gasteiger partial charge in [0.15, 0.2) is 0 Å². The molecule has 2 aliphatic heterocycles. The van der Waals surface area contributed by atoms with Gasteiger partial charge < -0.3 is 4.90 Å². The summed E-state index contributed by atoms with van der Waals surface area (Å²) in [5.41, 5.74) is 1.20. The van der Waals surface area contributed by atoms with Gasteiger partial charge in [0, 0.05) is 27.1 Å². The zero-order chi connectivity index (χ0) is 21.0. The molecule has 2 aliphatic rings. The van der Waals surface area contributed by atoms with Crippen molar-refractivity contribution < 1.29 is 14.2 Å². The number of fused-ring (bicyclic) bond motifs is 1. The third-order valence-electron chi connectivity index (χ3n) is 5.62. The van der Waals surface area contributed by atoms with Gasteiger partial charge in [0.25, 0.3) is 5.91 Å². The maximum atomic E-state index is 12.9. The van der Waals surface area contributed by atoms with Crippen molar-refractivity contribution in [1.29, 1.82) is 0 Å². The predicted molar refractivity (Wildman–Crippen MR) is 113 cm³/mol. The van der Waals surface area contributed by atoms with Gasteiger partial charge in [-0.25, -0.2) is 9.37 Å². The fourth-order valence-corrected chi connectivity index (χ4v) is 3.73. The minimum atomic E-state index is -0.567. The molecule has 3 rings (SSSR count). The molecule has 0 aliphatic carbocycles. The number of carbonyl (C=O) groups is 2. The summed E-state index contributed by atoms with van der Waals surface area (Å²) in [6.45, 7) is 8.51. The van der Waals surface area contributed by atoms with Crippen LogP contribution in [0.25, 0.3) is 0 Å². The van der Waals surface area contributed by atoms with E-state index in [-0.39, 0.29) is 11.9 Å². The Morgan fingerprint density at radius 3 is 2.45 bits per heavy atom. The zero-order valence-corrected chi connectivity index (χ0v) is 17.8. The molecule has 156 valence electrons. The van der Waals surface area contributed by atoms with Crippen molar-refractivity contribution in [2.75, 3.05) is 46.8 Å². The Morgan fingerprint density at radius 2 is 1.79 bits per heavy atom. The van der Waals surface area contributed by atoms with Gasteiger partial charge in [0.1, 0.15) is 0 Å². The van der Waals surface area contributed by atoms with Crippen molar-refractivity contribution in [2.24, 2.45) is 4.99 Å². The number of imide groups is 1. The van der Waals surface area contributed by atoms with Crippen molar-refractivity contribution in [1.82, 2.24) is 20.0 Å². The van der Waals surface area contributed by atoms with Gasteiger partial charge in [0.05, 0.1) is 13.1 Å². The lowest BCUT2D eigenvalue weighted by atomic mass is 10.1. The molecule has 0 aromatic heterocycles.